The number of urea groups is 1. The largest absolute Gasteiger partial charge is 0.331 e. The number of amides is 2. The van der Waals surface area contributed by atoms with Gasteiger partial charge in [0.15, 0.2) is 0 Å². The monoisotopic (exact) mass is 328 g/mol. The molecule has 0 unspecified atom stereocenters. The van der Waals surface area contributed by atoms with Crippen LogP contribution in [-0.2, 0) is 6.42 Å². The Hall–Kier alpha value is -2.37. The van der Waals surface area contributed by atoms with Crippen molar-refractivity contribution in [3.63, 3.8) is 0 Å². The number of nitrogens with zero attached hydrogens (tertiary/aromatic N) is 2. The lowest BCUT2D eigenvalue weighted by Gasteiger charge is -2.36. The second-order valence-electron chi connectivity index (χ2n) is 6.58. The molecule has 2 amide bonds. The first-order chi connectivity index (χ1) is 11.7. The molecule has 1 aliphatic carbocycles. The average Bonchev–Trinajstić information content (AvgIpc) is 3.26. The molecule has 2 N–H and O–H groups in total. The summed E-state index contributed by atoms with van der Waals surface area (Å²) < 4.78 is 13.9. The van der Waals surface area contributed by atoms with Crippen molar-refractivity contribution in [2.45, 2.75) is 44.2 Å². The first-order valence-electron chi connectivity index (χ1n) is 8.57. The highest BCUT2D eigenvalue weighted by atomic mass is 19.1. The molecule has 1 saturated heterocycles. The van der Waals surface area contributed by atoms with Crippen molar-refractivity contribution in [1.82, 2.24) is 20.4 Å². The van der Waals surface area contributed by atoms with Crippen molar-refractivity contribution in [3.8, 4) is 0 Å². The lowest BCUT2D eigenvalue weighted by Crippen LogP contribution is -2.45. The van der Waals surface area contributed by atoms with Gasteiger partial charge in [0.2, 0.25) is 0 Å². The Morgan fingerprint density at radius 2 is 2.25 bits per heavy atom. The molecule has 0 radical (unpaired) electrons. The highest BCUT2D eigenvalue weighted by Gasteiger charge is 2.32. The number of rotatable bonds is 2. The summed E-state index contributed by atoms with van der Waals surface area (Å²) in [5.41, 5.74) is 2.70. The Balaban J connectivity index is 1.51. The predicted molar refractivity (Wildman–Crippen MR) is 87.9 cm³/mol. The highest BCUT2D eigenvalue weighted by molar-refractivity contribution is 5.75. The second kappa shape index (κ2) is 6.26. The second-order valence-corrected chi connectivity index (χ2v) is 6.58. The van der Waals surface area contributed by atoms with Crippen molar-refractivity contribution in [1.29, 1.82) is 0 Å². The van der Waals surface area contributed by atoms with Crippen molar-refractivity contribution in [2.75, 3.05) is 6.54 Å². The number of hydrogen-bond donors (Lipinski definition) is 2. The van der Waals surface area contributed by atoms with Crippen molar-refractivity contribution >= 4 is 6.03 Å². The van der Waals surface area contributed by atoms with E-state index in [2.05, 4.69) is 15.5 Å². The van der Waals surface area contributed by atoms with Crippen molar-refractivity contribution in [3.05, 3.63) is 53.1 Å². The number of benzene rings is 1. The average molecular weight is 328 g/mol. The zero-order valence-electron chi connectivity index (χ0n) is 13.5. The summed E-state index contributed by atoms with van der Waals surface area (Å²) in [6, 6.07) is 5.01. The number of halogens is 1. The minimum Gasteiger partial charge on any atom is -0.331 e. The van der Waals surface area contributed by atoms with Crippen LogP contribution in [0.5, 0.6) is 0 Å². The summed E-state index contributed by atoms with van der Waals surface area (Å²) >= 11 is 0. The lowest BCUT2D eigenvalue weighted by molar-refractivity contribution is 0.148. The van der Waals surface area contributed by atoms with E-state index < -0.39 is 0 Å². The van der Waals surface area contributed by atoms with E-state index in [1.54, 1.807) is 12.3 Å². The van der Waals surface area contributed by atoms with E-state index in [9.17, 15) is 9.18 Å². The predicted octanol–water partition coefficient (Wildman–Crippen LogP) is 3.47. The molecule has 24 heavy (non-hydrogen) atoms. The van der Waals surface area contributed by atoms with Crippen LogP contribution in [0.15, 0.2) is 30.6 Å². The van der Waals surface area contributed by atoms with Crippen LogP contribution in [-0.4, -0.2) is 27.7 Å². The number of aromatic amines is 1. The third-order valence-electron chi connectivity index (χ3n) is 5.18. The standard InChI is InChI=1S/C18H21FN4O/c19-15-5-3-4-14-13(15)7-8-16(14)22-18(24)23-9-2-1-6-17(23)12-10-20-21-11-12/h3-5,10-11,16-17H,1-2,6-9H2,(H,20,21)(H,22,24)/t16-,17+/m0/s1. The van der Waals surface area contributed by atoms with E-state index in [1.807, 2.05) is 17.2 Å². The molecule has 1 aromatic heterocycles. The summed E-state index contributed by atoms with van der Waals surface area (Å²) in [6.07, 6.45) is 8.15. The number of nitrogens with one attached hydrogen (secondary N) is 2. The molecule has 2 aromatic rings. The fourth-order valence-electron chi connectivity index (χ4n) is 3.96. The molecule has 0 saturated carbocycles. The van der Waals surface area contributed by atoms with Gasteiger partial charge in [-0.05, 0) is 49.3 Å². The van der Waals surface area contributed by atoms with Crippen LogP contribution >= 0.6 is 0 Å². The number of H-pyrrole nitrogens is 1. The van der Waals surface area contributed by atoms with Crippen LogP contribution in [0.1, 0.15) is 54.5 Å². The number of likely N-dealkylation sites (tertiary alicyclic amines) is 1. The summed E-state index contributed by atoms with van der Waals surface area (Å²) in [6.45, 7) is 0.740. The van der Waals surface area contributed by atoms with E-state index in [4.69, 9.17) is 0 Å². The van der Waals surface area contributed by atoms with E-state index in [1.165, 1.54) is 6.07 Å². The van der Waals surface area contributed by atoms with Crippen molar-refractivity contribution in [2.24, 2.45) is 0 Å². The van der Waals surface area contributed by atoms with Gasteiger partial charge in [-0.15, -0.1) is 0 Å². The van der Waals surface area contributed by atoms with Gasteiger partial charge in [0.1, 0.15) is 5.82 Å². The van der Waals surface area contributed by atoms with Crippen LogP contribution in [0.4, 0.5) is 9.18 Å². The molecule has 4 rings (SSSR count). The molecule has 1 fully saturated rings. The molecule has 2 heterocycles. The summed E-state index contributed by atoms with van der Waals surface area (Å²) in [4.78, 5) is 14.7. The Labute approximate surface area is 140 Å². The molecule has 5 nitrogen and oxygen atoms in total. The summed E-state index contributed by atoms with van der Waals surface area (Å²) in [5.74, 6) is -0.168. The first kappa shape index (κ1) is 15.2. The van der Waals surface area contributed by atoms with E-state index >= 15 is 0 Å². The molecule has 6 heteroatoms. The minimum atomic E-state index is -0.168. The van der Waals surface area contributed by atoms with Crippen LogP contribution in [0.3, 0.4) is 0 Å². The topological polar surface area (TPSA) is 61.0 Å². The molecule has 126 valence electrons. The SMILES string of the molecule is O=C(N[C@H]1CCc2c(F)cccc21)N1CCCC[C@@H]1c1cn[nH]c1. The number of piperidine rings is 1. The smallest absolute Gasteiger partial charge is 0.318 e. The Kier molecular flexibility index (Phi) is 3.96. The van der Waals surface area contributed by atoms with E-state index in [0.29, 0.717) is 6.42 Å². The van der Waals surface area contributed by atoms with Crippen molar-refractivity contribution < 1.29 is 9.18 Å². The van der Waals surface area contributed by atoms with Crippen LogP contribution in [0, 0.1) is 5.82 Å². The van der Waals surface area contributed by atoms with Crippen LogP contribution in [0.2, 0.25) is 0 Å². The molecule has 2 aliphatic rings. The van der Waals surface area contributed by atoms with Gasteiger partial charge in [0, 0.05) is 18.3 Å². The maximum absolute atomic E-state index is 13.9. The Morgan fingerprint density at radius 3 is 3.08 bits per heavy atom. The third kappa shape index (κ3) is 2.66. The molecule has 0 spiro atoms. The van der Waals surface area contributed by atoms with Gasteiger partial charge in [0.05, 0.1) is 18.3 Å². The minimum absolute atomic E-state index is 0.0610. The first-order valence-corrected chi connectivity index (χ1v) is 8.57. The zero-order valence-corrected chi connectivity index (χ0v) is 13.5. The van der Waals surface area contributed by atoms with E-state index in [0.717, 1.165) is 48.9 Å². The normalized spacial score (nSPS) is 23.1. The zero-order chi connectivity index (χ0) is 16.5. The fourth-order valence-corrected chi connectivity index (χ4v) is 3.96. The maximum Gasteiger partial charge on any atom is 0.318 e. The van der Waals surface area contributed by atoms with E-state index in [-0.39, 0.29) is 23.9 Å². The maximum atomic E-state index is 13.9. The third-order valence-corrected chi connectivity index (χ3v) is 5.18. The number of carbonyl (C=O) groups excluding carboxylic acids is 1. The van der Waals surface area contributed by atoms with Gasteiger partial charge in [-0.3, -0.25) is 5.10 Å². The molecular weight excluding hydrogens is 307 g/mol. The van der Waals surface area contributed by atoms with Crippen LogP contribution < -0.4 is 5.32 Å². The fraction of sp³-hybridized carbons (Fsp3) is 0.444. The van der Waals surface area contributed by atoms with Gasteiger partial charge in [-0.1, -0.05) is 12.1 Å². The molecule has 0 bridgehead atoms. The quantitative estimate of drug-likeness (QED) is 0.887. The Morgan fingerprint density at radius 1 is 1.33 bits per heavy atom. The number of aromatic nitrogens is 2. The van der Waals surface area contributed by atoms with Gasteiger partial charge >= 0.3 is 6.03 Å². The lowest BCUT2D eigenvalue weighted by atomic mass is 9.98. The van der Waals surface area contributed by atoms with Crippen LogP contribution in [0.25, 0.3) is 0 Å². The molecular formula is C18H21FN4O. The number of hydrogen-bond acceptors (Lipinski definition) is 2. The molecule has 1 aromatic carbocycles. The summed E-state index contributed by atoms with van der Waals surface area (Å²) in [5, 5.41) is 9.95. The molecule has 1 aliphatic heterocycles. The van der Waals surface area contributed by atoms with Gasteiger partial charge in [-0.25, -0.2) is 9.18 Å². The summed E-state index contributed by atoms with van der Waals surface area (Å²) in [7, 11) is 0. The van der Waals surface area contributed by atoms with Gasteiger partial charge < -0.3 is 10.2 Å². The highest BCUT2D eigenvalue weighted by Crippen LogP contribution is 2.34. The number of carbonyl (C=O) groups is 1. The van der Waals surface area contributed by atoms with Gasteiger partial charge in [-0.2, -0.15) is 5.10 Å². The number of fused-ring (bicyclic) bond motifs is 1. The Bertz CT molecular complexity index is 731. The molecule has 2 atom stereocenters. The van der Waals surface area contributed by atoms with Gasteiger partial charge in [0.25, 0.3) is 0 Å².